The minimum absolute atomic E-state index is 0.175. The predicted octanol–water partition coefficient (Wildman–Crippen LogP) is 5.03. The normalized spacial score (nSPS) is 11.0. The number of halogens is 2. The molecule has 0 atom stereocenters. The highest BCUT2D eigenvalue weighted by atomic mass is 35.5. The zero-order chi connectivity index (χ0) is 18.4. The maximum Gasteiger partial charge on any atom is 0.250 e. The molecule has 0 bridgehead atoms. The van der Waals surface area contributed by atoms with E-state index in [0.717, 1.165) is 16.3 Å². The Morgan fingerprint density at radius 1 is 1.04 bits per heavy atom. The first-order chi connectivity index (χ1) is 12.6. The molecule has 3 aromatic rings. The van der Waals surface area contributed by atoms with Crippen LogP contribution in [0.25, 0.3) is 5.69 Å². The molecule has 0 spiro atoms. The van der Waals surface area contributed by atoms with Crippen LogP contribution in [0.5, 0.6) is 0 Å². The van der Waals surface area contributed by atoms with Gasteiger partial charge in [0.25, 0.3) is 0 Å². The molecule has 1 heterocycles. The summed E-state index contributed by atoms with van der Waals surface area (Å²) in [5, 5.41) is 5.39. The van der Waals surface area contributed by atoms with E-state index in [2.05, 4.69) is 10.5 Å². The zero-order valence-electron chi connectivity index (χ0n) is 13.6. The lowest BCUT2D eigenvalue weighted by Crippen LogP contribution is -2.19. The summed E-state index contributed by atoms with van der Waals surface area (Å²) in [6.45, 7) is 0. The maximum absolute atomic E-state index is 11.9. The second-order valence-corrected chi connectivity index (χ2v) is 7.24. The van der Waals surface area contributed by atoms with E-state index in [9.17, 15) is 4.79 Å². The summed E-state index contributed by atoms with van der Waals surface area (Å²) in [5.41, 5.74) is 4.35. The number of nitrogens with zero attached hydrogens (tertiary/aromatic N) is 2. The van der Waals surface area contributed by atoms with Gasteiger partial charge in [-0.2, -0.15) is 5.10 Å². The largest absolute Gasteiger partial charge is 0.316 e. The Labute approximate surface area is 165 Å². The van der Waals surface area contributed by atoms with Crippen molar-refractivity contribution >= 4 is 47.1 Å². The lowest BCUT2D eigenvalue weighted by molar-refractivity contribution is -0.118. The van der Waals surface area contributed by atoms with Gasteiger partial charge in [-0.1, -0.05) is 23.2 Å². The number of hydrogen-bond donors (Lipinski definition) is 1. The summed E-state index contributed by atoms with van der Waals surface area (Å²) >= 11 is 13.2. The van der Waals surface area contributed by atoms with Crippen molar-refractivity contribution in [2.75, 3.05) is 5.75 Å². The standard InChI is InChI=1S/C19H15Cl2N3OS/c20-14-3-7-16(8-4-14)24-11-1-2-17(24)12-22-23-19(25)13-26-18-9-5-15(21)6-10-18/h1-12H,13H2,(H,23,25)/b22-12-. The smallest absolute Gasteiger partial charge is 0.250 e. The van der Waals surface area contributed by atoms with E-state index in [0.29, 0.717) is 10.0 Å². The van der Waals surface area contributed by atoms with E-state index < -0.39 is 0 Å². The van der Waals surface area contributed by atoms with Crippen LogP contribution in [0.15, 0.2) is 76.9 Å². The van der Waals surface area contributed by atoms with Crippen LogP contribution in [0.4, 0.5) is 0 Å². The fourth-order valence-corrected chi connectivity index (χ4v) is 3.16. The molecule has 4 nitrogen and oxygen atoms in total. The van der Waals surface area contributed by atoms with Gasteiger partial charge in [-0.25, -0.2) is 5.43 Å². The van der Waals surface area contributed by atoms with Gasteiger partial charge in [0.15, 0.2) is 0 Å². The molecule has 26 heavy (non-hydrogen) atoms. The number of thioether (sulfide) groups is 1. The summed E-state index contributed by atoms with van der Waals surface area (Å²) in [5.74, 6) is 0.0998. The summed E-state index contributed by atoms with van der Waals surface area (Å²) in [6, 6.07) is 18.7. The second-order valence-electron chi connectivity index (χ2n) is 5.32. The number of carbonyl (C=O) groups excluding carboxylic acids is 1. The third-order valence-corrected chi connectivity index (χ3v) is 4.97. The molecule has 0 unspecified atom stereocenters. The Morgan fingerprint density at radius 3 is 2.38 bits per heavy atom. The molecule has 1 aromatic heterocycles. The molecule has 132 valence electrons. The van der Waals surface area contributed by atoms with Gasteiger partial charge >= 0.3 is 0 Å². The lowest BCUT2D eigenvalue weighted by Gasteiger charge is -2.06. The van der Waals surface area contributed by atoms with E-state index in [1.54, 1.807) is 18.3 Å². The predicted molar refractivity (Wildman–Crippen MR) is 109 cm³/mol. The molecule has 0 radical (unpaired) electrons. The van der Waals surface area contributed by atoms with Crippen LogP contribution in [0, 0.1) is 0 Å². The number of nitrogens with one attached hydrogen (secondary N) is 1. The minimum Gasteiger partial charge on any atom is -0.316 e. The SMILES string of the molecule is O=C(CSc1ccc(Cl)cc1)N/N=C\c1cccn1-c1ccc(Cl)cc1. The molecule has 7 heteroatoms. The highest BCUT2D eigenvalue weighted by Crippen LogP contribution is 2.20. The van der Waals surface area contributed by atoms with Crippen LogP contribution in [-0.2, 0) is 4.79 Å². The van der Waals surface area contributed by atoms with Gasteiger partial charge in [0, 0.05) is 26.8 Å². The van der Waals surface area contributed by atoms with Crippen molar-refractivity contribution in [1.82, 2.24) is 9.99 Å². The molecular weight excluding hydrogens is 389 g/mol. The van der Waals surface area contributed by atoms with Crippen molar-refractivity contribution in [3.63, 3.8) is 0 Å². The Kier molecular flexibility index (Phi) is 6.39. The molecule has 1 N–H and O–H groups in total. The van der Waals surface area contributed by atoms with E-state index >= 15 is 0 Å². The molecule has 0 fully saturated rings. The van der Waals surface area contributed by atoms with Gasteiger partial charge in [0.2, 0.25) is 5.91 Å². The third-order valence-electron chi connectivity index (χ3n) is 3.45. The molecule has 0 aliphatic carbocycles. The Morgan fingerprint density at radius 2 is 1.69 bits per heavy atom. The first-order valence-electron chi connectivity index (χ1n) is 7.75. The molecule has 0 aliphatic heterocycles. The second kappa shape index (κ2) is 8.94. The van der Waals surface area contributed by atoms with Crippen LogP contribution in [0.3, 0.4) is 0 Å². The number of amides is 1. The van der Waals surface area contributed by atoms with Crippen molar-refractivity contribution in [1.29, 1.82) is 0 Å². The summed E-state index contributed by atoms with van der Waals surface area (Å²) in [4.78, 5) is 12.9. The third kappa shape index (κ3) is 5.14. The van der Waals surface area contributed by atoms with E-state index in [-0.39, 0.29) is 11.7 Å². The molecule has 1 amide bonds. The quantitative estimate of drug-likeness (QED) is 0.356. The Balaban J connectivity index is 1.55. The summed E-state index contributed by atoms with van der Waals surface area (Å²) < 4.78 is 1.95. The summed E-state index contributed by atoms with van der Waals surface area (Å²) in [6.07, 6.45) is 3.53. The van der Waals surface area contributed by atoms with Crippen molar-refractivity contribution in [2.24, 2.45) is 5.10 Å². The van der Waals surface area contributed by atoms with E-state index in [4.69, 9.17) is 23.2 Å². The van der Waals surface area contributed by atoms with Crippen LogP contribution >= 0.6 is 35.0 Å². The van der Waals surface area contributed by atoms with Gasteiger partial charge in [-0.3, -0.25) is 4.79 Å². The fourth-order valence-electron chi connectivity index (χ4n) is 2.22. The average Bonchev–Trinajstić information content (AvgIpc) is 3.10. The monoisotopic (exact) mass is 403 g/mol. The number of carbonyl (C=O) groups is 1. The Bertz CT molecular complexity index is 905. The number of rotatable bonds is 6. The molecule has 3 rings (SSSR count). The minimum atomic E-state index is -0.175. The van der Waals surface area contributed by atoms with Crippen LogP contribution in [0.1, 0.15) is 5.69 Å². The van der Waals surface area contributed by atoms with Gasteiger partial charge in [-0.05, 0) is 60.7 Å². The zero-order valence-corrected chi connectivity index (χ0v) is 15.9. The van der Waals surface area contributed by atoms with Crippen LogP contribution < -0.4 is 5.43 Å². The lowest BCUT2D eigenvalue weighted by atomic mass is 10.3. The molecular formula is C19H15Cl2N3OS. The van der Waals surface area contributed by atoms with E-state index in [1.807, 2.05) is 59.3 Å². The highest BCUT2D eigenvalue weighted by molar-refractivity contribution is 8.00. The average molecular weight is 404 g/mol. The van der Waals surface area contributed by atoms with Gasteiger partial charge < -0.3 is 4.57 Å². The first-order valence-corrected chi connectivity index (χ1v) is 9.49. The number of hydrogen-bond acceptors (Lipinski definition) is 3. The molecule has 0 aliphatic rings. The van der Waals surface area contributed by atoms with E-state index in [1.165, 1.54) is 11.8 Å². The molecule has 0 saturated heterocycles. The fraction of sp³-hybridized carbons (Fsp3) is 0.0526. The molecule has 2 aromatic carbocycles. The number of aromatic nitrogens is 1. The Hall–Kier alpha value is -2.21. The summed E-state index contributed by atoms with van der Waals surface area (Å²) in [7, 11) is 0. The van der Waals surface area contributed by atoms with Gasteiger partial charge in [0.1, 0.15) is 0 Å². The van der Waals surface area contributed by atoms with Crippen molar-refractivity contribution in [3.05, 3.63) is 82.6 Å². The van der Waals surface area contributed by atoms with Gasteiger partial charge in [-0.15, -0.1) is 11.8 Å². The number of hydrazone groups is 1. The van der Waals surface area contributed by atoms with Crippen LogP contribution in [-0.4, -0.2) is 22.4 Å². The maximum atomic E-state index is 11.9. The topological polar surface area (TPSA) is 46.4 Å². The highest BCUT2D eigenvalue weighted by Gasteiger charge is 2.03. The van der Waals surface area contributed by atoms with Crippen molar-refractivity contribution < 1.29 is 4.79 Å². The first kappa shape index (κ1) is 18.6. The molecule has 0 saturated carbocycles. The van der Waals surface area contributed by atoms with Crippen LogP contribution in [0.2, 0.25) is 10.0 Å². The van der Waals surface area contributed by atoms with Gasteiger partial charge in [0.05, 0.1) is 17.7 Å². The van der Waals surface area contributed by atoms with Crippen molar-refractivity contribution in [3.8, 4) is 5.69 Å². The number of benzene rings is 2. The van der Waals surface area contributed by atoms with Crippen molar-refractivity contribution in [2.45, 2.75) is 4.90 Å².